The van der Waals surface area contributed by atoms with Crippen LogP contribution < -0.4 is 14.7 Å². The average Bonchev–Trinajstić information content (AvgIpc) is 4.47. The fourth-order valence-electron chi connectivity index (χ4n) is 11.9. The Kier molecular flexibility index (Phi) is 12.3. The standard InChI is InChI=1S/C76H53N5S/c1-6-20-54(21-7-1)75-50-51-76(82-75)55-34-36-60(37-35-55)77(61-38-42-63(43-39-61)78(56-22-8-2-9-23-56)65-46-48-73-69(52-65)67-30-16-18-32-71(67)80(73)58-26-12-4-13-27-58)62-40-44-64(45-41-62)79(57-24-10-3-11-25-57)66-47-49-74-70(53-66)68-31-17-19-33-72(68)81(74)59-28-14-5-15-29-59/h1-53H. The molecule has 388 valence electrons. The lowest BCUT2D eigenvalue weighted by Crippen LogP contribution is -2.13. The van der Waals surface area contributed by atoms with E-state index >= 15 is 0 Å². The van der Waals surface area contributed by atoms with Crippen LogP contribution in [0.25, 0.3) is 75.9 Å². The molecular formula is C76H53N5S. The van der Waals surface area contributed by atoms with Gasteiger partial charge in [-0.2, -0.15) is 0 Å². The lowest BCUT2D eigenvalue weighted by atomic mass is 10.1. The van der Waals surface area contributed by atoms with Crippen molar-refractivity contribution < 1.29 is 0 Å². The number of para-hydroxylation sites is 6. The minimum Gasteiger partial charge on any atom is -0.311 e. The molecule has 5 nitrogen and oxygen atoms in total. The van der Waals surface area contributed by atoms with Crippen LogP contribution in [0.15, 0.2) is 322 Å². The Bertz CT molecular complexity index is 4460. The van der Waals surface area contributed by atoms with Crippen LogP contribution in [0.4, 0.5) is 51.2 Å². The van der Waals surface area contributed by atoms with Gasteiger partial charge in [-0.15, -0.1) is 11.3 Å². The van der Waals surface area contributed by atoms with Gasteiger partial charge in [0.25, 0.3) is 0 Å². The molecule has 0 bridgehead atoms. The van der Waals surface area contributed by atoms with Crippen molar-refractivity contribution in [2.45, 2.75) is 0 Å². The fourth-order valence-corrected chi connectivity index (χ4v) is 13.0. The molecule has 0 aliphatic rings. The summed E-state index contributed by atoms with van der Waals surface area (Å²) in [5.74, 6) is 0. The zero-order valence-electron chi connectivity index (χ0n) is 44.7. The summed E-state index contributed by atoms with van der Waals surface area (Å²) in [6, 6.07) is 116. The van der Waals surface area contributed by atoms with E-state index in [9.17, 15) is 0 Å². The van der Waals surface area contributed by atoms with Crippen LogP contribution in [-0.4, -0.2) is 9.13 Å². The van der Waals surface area contributed by atoms with Crippen molar-refractivity contribution in [1.82, 2.24) is 9.13 Å². The van der Waals surface area contributed by atoms with Crippen molar-refractivity contribution >= 4 is 106 Å². The maximum absolute atomic E-state index is 2.37. The minimum absolute atomic E-state index is 1.04. The van der Waals surface area contributed by atoms with Gasteiger partial charge in [-0.1, -0.05) is 152 Å². The van der Waals surface area contributed by atoms with Crippen LogP contribution >= 0.6 is 11.3 Å². The van der Waals surface area contributed by atoms with E-state index < -0.39 is 0 Å². The van der Waals surface area contributed by atoms with Crippen LogP contribution in [0.5, 0.6) is 0 Å². The molecular weight excluding hydrogens is 1010 g/mol. The van der Waals surface area contributed by atoms with Gasteiger partial charge in [-0.25, -0.2) is 0 Å². The van der Waals surface area contributed by atoms with Gasteiger partial charge in [0, 0.05) is 93.9 Å². The predicted molar refractivity (Wildman–Crippen MR) is 348 cm³/mol. The number of benzene rings is 12. The topological polar surface area (TPSA) is 19.6 Å². The third-order valence-corrected chi connectivity index (χ3v) is 16.9. The molecule has 6 heteroatoms. The molecule has 0 unspecified atom stereocenters. The molecule has 0 amide bonds. The summed E-state index contributed by atoms with van der Waals surface area (Å²) >= 11 is 1.82. The molecule has 12 aromatic carbocycles. The van der Waals surface area contributed by atoms with Gasteiger partial charge < -0.3 is 23.8 Å². The molecule has 0 spiro atoms. The third-order valence-electron chi connectivity index (χ3n) is 15.7. The second kappa shape index (κ2) is 20.9. The number of fused-ring (bicyclic) bond motifs is 6. The molecule has 0 saturated heterocycles. The molecule has 15 aromatic rings. The van der Waals surface area contributed by atoms with Crippen LogP contribution in [0.2, 0.25) is 0 Å². The Labute approximate surface area is 480 Å². The first-order valence-corrected chi connectivity index (χ1v) is 28.6. The van der Waals surface area contributed by atoms with Crippen molar-refractivity contribution in [3.05, 3.63) is 322 Å². The Balaban J connectivity index is 0.829. The van der Waals surface area contributed by atoms with E-state index in [1.54, 1.807) is 0 Å². The highest BCUT2D eigenvalue weighted by Gasteiger charge is 2.22. The van der Waals surface area contributed by atoms with Crippen LogP contribution in [0.1, 0.15) is 0 Å². The zero-order valence-corrected chi connectivity index (χ0v) is 45.6. The lowest BCUT2D eigenvalue weighted by Gasteiger charge is -2.29. The summed E-state index contributed by atoms with van der Waals surface area (Å²) in [6.07, 6.45) is 0. The average molecular weight is 1070 g/mol. The summed E-state index contributed by atoms with van der Waals surface area (Å²) < 4.78 is 4.74. The van der Waals surface area contributed by atoms with E-state index in [1.165, 1.54) is 64.5 Å². The van der Waals surface area contributed by atoms with Gasteiger partial charge >= 0.3 is 0 Å². The molecule has 82 heavy (non-hydrogen) atoms. The SMILES string of the molecule is c1ccc(-c2ccc(-c3ccc(N(c4ccc(N(c5ccccc5)c5ccc6c(c5)c5ccccc5n6-c5ccccc5)cc4)c4ccc(N(c5ccccc5)c5ccc6c(c5)c5ccccc5n6-c5ccccc5)cc4)cc3)s2)cc1. The first kappa shape index (κ1) is 48.5. The van der Waals surface area contributed by atoms with Gasteiger partial charge in [0.1, 0.15) is 0 Å². The first-order chi connectivity index (χ1) is 40.7. The normalized spacial score (nSPS) is 11.4. The number of hydrogen-bond donors (Lipinski definition) is 0. The molecule has 15 rings (SSSR count). The largest absolute Gasteiger partial charge is 0.311 e. The number of thiophene rings is 1. The van der Waals surface area contributed by atoms with Crippen molar-refractivity contribution in [3.63, 3.8) is 0 Å². The van der Waals surface area contributed by atoms with E-state index in [-0.39, 0.29) is 0 Å². The molecule has 0 atom stereocenters. The van der Waals surface area contributed by atoms with Gasteiger partial charge in [0.15, 0.2) is 0 Å². The fraction of sp³-hybridized carbons (Fsp3) is 0. The van der Waals surface area contributed by atoms with E-state index in [0.29, 0.717) is 0 Å². The second-order valence-electron chi connectivity index (χ2n) is 20.6. The number of nitrogens with zero attached hydrogens (tertiary/aromatic N) is 5. The highest BCUT2D eigenvalue weighted by molar-refractivity contribution is 7.18. The monoisotopic (exact) mass is 1070 g/mol. The van der Waals surface area contributed by atoms with Crippen molar-refractivity contribution in [2.24, 2.45) is 0 Å². The van der Waals surface area contributed by atoms with Gasteiger partial charge in [0.05, 0.1) is 22.1 Å². The van der Waals surface area contributed by atoms with E-state index in [2.05, 4.69) is 345 Å². The number of hydrogen-bond acceptors (Lipinski definition) is 4. The quantitative estimate of drug-likeness (QED) is 0.115. The van der Waals surface area contributed by atoms with E-state index in [4.69, 9.17) is 0 Å². The smallest absolute Gasteiger partial charge is 0.0542 e. The second-order valence-corrected chi connectivity index (χ2v) is 21.6. The Hall–Kier alpha value is -10.7. The van der Waals surface area contributed by atoms with Gasteiger partial charge in [-0.05, 0) is 181 Å². The maximum atomic E-state index is 2.37. The maximum Gasteiger partial charge on any atom is 0.0542 e. The van der Waals surface area contributed by atoms with Crippen molar-refractivity contribution in [2.75, 3.05) is 14.7 Å². The molecule has 3 aromatic heterocycles. The molecule has 0 N–H and O–H groups in total. The van der Waals surface area contributed by atoms with Gasteiger partial charge in [0.2, 0.25) is 0 Å². The summed E-state index contributed by atoms with van der Waals surface area (Å²) in [5, 5.41) is 4.84. The Morgan fingerprint density at radius 1 is 0.207 bits per heavy atom. The van der Waals surface area contributed by atoms with Gasteiger partial charge in [-0.3, -0.25) is 0 Å². The lowest BCUT2D eigenvalue weighted by molar-refractivity contribution is 1.18. The number of aromatic nitrogens is 2. The Morgan fingerprint density at radius 2 is 0.488 bits per heavy atom. The van der Waals surface area contributed by atoms with Crippen LogP contribution in [-0.2, 0) is 0 Å². The Morgan fingerprint density at radius 3 is 0.890 bits per heavy atom. The van der Waals surface area contributed by atoms with Crippen LogP contribution in [0, 0.1) is 0 Å². The summed E-state index contributed by atoms with van der Waals surface area (Å²) in [7, 11) is 0. The zero-order chi connectivity index (χ0) is 54.3. The van der Waals surface area contributed by atoms with Crippen molar-refractivity contribution in [3.8, 4) is 32.3 Å². The summed E-state index contributed by atoms with van der Waals surface area (Å²) in [5.41, 5.74) is 19.0. The molecule has 0 fully saturated rings. The van der Waals surface area contributed by atoms with Crippen LogP contribution in [0.3, 0.4) is 0 Å². The highest BCUT2D eigenvalue weighted by atomic mass is 32.1. The number of rotatable bonds is 13. The first-order valence-electron chi connectivity index (χ1n) is 27.8. The third kappa shape index (κ3) is 8.75. The van der Waals surface area contributed by atoms with E-state index in [0.717, 1.165) is 62.6 Å². The molecule has 0 aliphatic carbocycles. The minimum atomic E-state index is 1.04. The van der Waals surface area contributed by atoms with E-state index in [1.807, 2.05) is 11.3 Å². The highest BCUT2D eigenvalue weighted by Crippen LogP contribution is 2.45. The summed E-state index contributed by atoms with van der Waals surface area (Å²) in [4.78, 5) is 9.60. The van der Waals surface area contributed by atoms with Crippen molar-refractivity contribution in [1.29, 1.82) is 0 Å². The molecule has 0 saturated carbocycles. The molecule has 0 aliphatic heterocycles. The predicted octanol–water partition coefficient (Wildman–Crippen LogP) is 21.7. The summed E-state index contributed by atoms with van der Waals surface area (Å²) in [6.45, 7) is 0. The molecule has 3 heterocycles. The molecule has 0 radical (unpaired) electrons. The number of anilines is 9.